The minimum Gasteiger partial charge on any atom is -0.494 e. The van der Waals surface area contributed by atoms with Crippen molar-refractivity contribution in [2.24, 2.45) is 5.92 Å². The van der Waals surface area contributed by atoms with Crippen LogP contribution >= 0.6 is 0 Å². The molecule has 308 valence electrons. The molecular weight excluding hydrogens is 688 g/mol. The number of hydrogen-bond acceptors (Lipinski definition) is 9. The van der Waals surface area contributed by atoms with Gasteiger partial charge in [0.2, 0.25) is 11.8 Å². The Morgan fingerprint density at radius 1 is 0.870 bits per heavy atom. The smallest absolute Gasteiger partial charge is 0.339 e. The van der Waals surface area contributed by atoms with Gasteiger partial charge in [0.25, 0.3) is 0 Å². The molecule has 2 rings (SSSR count). The van der Waals surface area contributed by atoms with Crippen LogP contribution in [0.3, 0.4) is 0 Å². The van der Waals surface area contributed by atoms with Gasteiger partial charge in [-0.25, -0.2) is 4.79 Å². The molecule has 11 nitrogen and oxygen atoms in total. The summed E-state index contributed by atoms with van der Waals surface area (Å²) in [6.07, 6.45) is 17.8. The van der Waals surface area contributed by atoms with Gasteiger partial charge in [-0.2, -0.15) is 0 Å². The molecule has 11 heteroatoms. The minimum absolute atomic E-state index is 0.00652. The van der Waals surface area contributed by atoms with E-state index in [1.807, 2.05) is 30.3 Å². The number of ether oxygens (including phenoxy) is 5. The Kier molecular flexibility index (Phi) is 22.0. The van der Waals surface area contributed by atoms with Gasteiger partial charge in [-0.15, -0.1) is 0 Å². The van der Waals surface area contributed by atoms with Gasteiger partial charge in [0.15, 0.2) is 11.4 Å². The quantitative estimate of drug-likeness (QED) is 0.0454. The number of carbonyl (C=O) groups is 3. The maximum atomic E-state index is 14.1. The molecule has 3 atom stereocenters. The van der Waals surface area contributed by atoms with E-state index >= 15 is 0 Å². The van der Waals surface area contributed by atoms with Gasteiger partial charge in [-0.05, 0) is 70.6 Å². The van der Waals surface area contributed by atoms with Gasteiger partial charge in [-0.3, -0.25) is 9.59 Å². The number of allylic oxidation sites excluding steroid dienone is 1. The van der Waals surface area contributed by atoms with E-state index in [1.165, 1.54) is 39.8 Å². The van der Waals surface area contributed by atoms with Crippen molar-refractivity contribution < 1.29 is 43.2 Å². The van der Waals surface area contributed by atoms with E-state index in [9.17, 15) is 19.5 Å². The van der Waals surface area contributed by atoms with Gasteiger partial charge >= 0.3 is 5.97 Å². The highest BCUT2D eigenvalue weighted by molar-refractivity contribution is 5.94. The number of rotatable bonds is 28. The minimum atomic E-state index is -2.25. The first-order valence-electron chi connectivity index (χ1n) is 20.5. The molecule has 1 aliphatic rings. The van der Waals surface area contributed by atoms with Crippen LogP contribution in [-0.2, 0) is 39.8 Å². The Morgan fingerprint density at radius 3 is 2.06 bits per heavy atom. The lowest BCUT2D eigenvalue weighted by Gasteiger charge is -2.35. The van der Waals surface area contributed by atoms with Crippen molar-refractivity contribution in [3.8, 4) is 5.75 Å². The normalized spacial score (nSPS) is 16.4. The van der Waals surface area contributed by atoms with E-state index in [1.54, 1.807) is 26.8 Å². The van der Waals surface area contributed by atoms with Gasteiger partial charge in [-0.1, -0.05) is 83.1 Å². The lowest BCUT2D eigenvalue weighted by Crippen LogP contribution is -2.57. The second-order valence-corrected chi connectivity index (χ2v) is 15.5. The highest BCUT2D eigenvalue weighted by atomic mass is 16.7. The molecule has 0 aliphatic carbocycles. The van der Waals surface area contributed by atoms with Crippen LogP contribution in [0.2, 0.25) is 0 Å². The molecule has 3 N–H and O–H groups in total. The maximum absolute atomic E-state index is 14.1. The zero-order chi connectivity index (χ0) is 39.9. The second-order valence-electron chi connectivity index (χ2n) is 15.5. The molecule has 1 aromatic carbocycles. The van der Waals surface area contributed by atoms with Crippen molar-refractivity contribution >= 4 is 17.8 Å². The Morgan fingerprint density at radius 2 is 1.48 bits per heavy atom. The highest BCUT2D eigenvalue weighted by Gasteiger charge is 2.49. The van der Waals surface area contributed by atoms with E-state index in [4.69, 9.17) is 23.7 Å². The number of hydrogen-bond donors (Lipinski definition) is 3. The van der Waals surface area contributed by atoms with E-state index in [0.29, 0.717) is 26.2 Å². The summed E-state index contributed by atoms with van der Waals surface area (Å²) in [7, 11) is 2.96. The highest BCUT2D eigenvalue weighted by Crippen LogP contribution is 2.32. The van der Waals surface area contributed by atoms with Crippen LogP contribution in [-0.4, -0.2) is 86.5 Å². The number of unbranched alkanes of at least 4 members (excludes halogenated alkanes) is 9. The first kappa shape index (κ1) is 47.2. The summed E-state index contributed by atoms with van der Waals surface area (Å²) in [5, 5.41) is 17.5. The Balaban J connectivity index is 2.15. The zero-order valence-electron chi connectivity index (χ0n) is 34.5. The molecule has 2 amide bonds. The van der Waals surface area contributed by atoms with E-state index < -0.39 is 46.7 Å². The van der Waals surface area contributed by atoms with Crippen molar-refractivity contribution in [1.82, 2.24) is 10.6 Å². The molecule has 1 fully saturated rings. The predicted molar refractivity (Wildman–Crippen MR) is 212 cm³/mol. The van der Waals surface area contributed by atoms with Crippen LogP contribution in [0, 0.1) is 5.92 Å². The summed E-state index contributed by atoms with van der Waals surface area (Å²) in [5.41, 5.74) is -2.35. The SMILES string of the molecule is CCCCCCCC1(CCCCCC/C=C/[C@H](C(=O)N[C@@H](Cc2ccc(OCCCC)cc2)C(=O)NC)[C@@](O)(CCOC)C(=O)OC(C)(C)C)OCCO1. The van der Waals surface area contributed by atoms with Crippen LogP contribution in [0.1, 0.15) is 136 Å². The van der Waals surface area contributed by atoms with Crippen molar-refractivity contribution in [3.63, 3.8) is 0 Å². The van der Waals surface area contributed by atoms with E-state index in [0.717, 1.165) is 69.1 Å². The summed E-state index contributed by atoms with van der Waals surface area (Å²) in [5.74, 6) is -3.06. The van der Waals surface area contributed by atoms with Crippen LogP contribution in [0.4, 0.5) is 0 Å². The molecule has 1 aliphatic heterocycles. The number of carbonyl (C=O) groups excluding carboxylic acids is 3. The van der Waals surface area contributed by atoms with Gasteiger partial charge < -0.3 is 39.4 Å². The number of amides is 2. The van der Waals surface area contributed by atoms with Crippen molar-refractivity contribution in [3.05, 3.63) is 42.0 Å². The molecule has 0 radical (unpaired) electrons. The zero-order valence-corrected chi connectivity index (χ0v) is 34.5. The molecule has 0 aromatic heterocycles. The number of benzene rings is 1. The molecule has 0 saturated carbocycles. The lowest BCUT2D eigenvalue weighted by atomic mass is 9.82. The predicted octanol–water partition coefficient (Wildman–Crippen LogP) is 7.36. The second kappa shape index (κ2) is 25.2. The lowest BCUT2D eigenvalue weighted by molar-refractivity contribution is -0.185. The Labute approximate surface area is 325 Å². The topological polar surface area (TPSA) is 142 Å². The fourth-order valence-corrected chi connectivity index (χ4v) is 6.56. The number of esters is 1. The molecule has 54 heavy (non-hydrogen) atoms. The van der Waals surface area contributed by atoms with Crippen molar-refractivity contribution in [2.45, 2.75) is 160 Å². The molecule has 0 bridgehead atoms. The van der Waals surface area contributed by atoms with E-state index in [2.05, 4.69) is 24.5 Å². The molecular formula is C43H72N2O9. The van der Waals surface area contributed by atoms with Gasteiger partial charge in [0.1, 0.15) is 17.4 Å². The molecule has 0 spiro atoms. The van der Waals surface area contributed by atoms with Crippen molar-refractivity contribution in [2.75, 3.05) is 40.6 Å². The molecule has 1 saturated heterocycles. The standard InChI is InChI=1S/C43H72N2O9/c1-8-10-12-16-19-26-42(52-31-32-53-42)27-20-17-14-13-15-18-21-36(43(49,28-30-50-7)40(48)54-41(3,4)5)38(46)45-37(39(47)44-6)33-34-22-24-35(25-23-34)51-29-11-9-2/h18,21-25,36-37,49H,8-17,19-20,26-33H2,1-7H3,(H,44,47)(H,45,46)/b21-18+/t36-,37+,43+/m1/s1. The fourth-order valence-electron chi connectivity index (χ4n) is 6.56. The van der Waals surface area contributed by atoms with Crippen LogP contribution < -0.4 is 15.4 Å². The summed E-state index contributed by atoms with van der Waals surface area (Å²) in [4.78, 5) is 40.8. The van der Waals surface area contributed by atoms with E-state index in [-0.39, 0.29) is 19.4 Å². The average molecular weight is 761 g/mol. The largest absolute Gasteiger partial charge is 0.494 e. The number of likely N-dealkylation sites (N-methyl/N-ethyl adjacent to an activating group) is 1. The molecule has 1 aromatic rings. The summed E-state index contributed by atoms with van der Waals surface area (Å²) in [6.45, 7) is 11.4. The average Bonchev–Trinajstić information content (AvgIpc) is 3.61. The molecule has 1 heterocycles. The summed E-state index contributed by atoms with van der Waals surface area (Å²) >= 11 is 0. The van der Waals surface area contributed by atoms with Crippen molar-refractivity contribution in [1.29, 1.82) is 0 Å². The van der Waals surface area contributed by atoms with Crippen LogP contribution in [0.15, 0.2) is 36.4 Å². The number of aliphatic hydroxyl groups is 1. The van der Waals surface area contributed by atoms with Crippen LogP contribution in [0.5, 0.6) is 5.75 Å². The van der Waals surface area contributed by atoms with Crippen LogP contribution in [0.25, 0.3) is 0 Å². The van der Waals surface area contributed by atoms with Gasteiger partial charge in [0.05, 0.1) is 25.7 Å². The number of nitrogens with one attached hydrogen (secondary N) is 2. The monoisotopic (exact) mass is 761 g/mol. The van der Waals surface area contributed by atoms with Gasteiger partial charge in [0, 0.05) is 46.4 Å². The maximum Gasteiger partial charge on any atom is 0.339 e. The third-order valence-electron chi connectivity index (χ3n) is 9.73. The summed E-state index contributed by atoms with van der Waals surface area (Å²) in [6, 6.07) is 6.44. The Hall–Kier alpha value is -2.99. The third-order valence-corrected chi connectivity index (χ3v) is 9.73. The first-order valence-corrected chi connectivity index (χ1v) is 20.5. The Bertz CT molecular complexity index is 1240. The number of methoxy groups -OCH3 is 1. The third kappa shape index (κ3) is 17.2. The first-order chi connectivity index (χ1) is 25.8. The fraction of sp³-hybridized carbons (Fsp3) is 0.744. The molecule has 0 unspecified atom stereocenters. The summed E-state index contributed by atoms with van der Waals surface area (Å²) < 4.78 is 28.8.